The van der Waals surface area contributed by atoms with E-state index >= 15 is 0 Å². The van der Waals surface area contributed by atoms with Crippen molar-refractivity contribution in [2.75, 3.05) is 31.6 Å². The van der Waals surface area contributed by atoms with E-state index in [-0.39, 0.29) is 24.9 Å². The monoisotopic (exact) mass is 414 g/mol. The fourth-order valence-corrected chi connectivity index (χ4v) is 3.68. The Labute approximate surface area is 177 Å². The normalized spacial score (nSPS) is 19.9. The number of aryl methyl sites for hydroxylation is 3. The number of nitrogens with zero attached hydrogens (tertiary/aromatic N) is 1. The predicted octanol–water partition coefficient (Wildman–Crippen LogP) is 3.99. The van der Waals surface area contributed by atoms with Crippen LogP contribution in [0.15, 0.2) is 36.4 Å². The second kappa shape index (κ2) is 9.58. The van der Waals surface area contributed by atoms with Crippen LogP contribution in [-0.2, 0) is 4.79 Å². The zero-order chi connectivity index (χ0) is 21.7. The van der Waals surface area contributed by atoms with Crippen molar-refractivity contribution in [3.63, 3.8) is 0 Å². The first-order chi connectivity index (χ1) is 14.2. The van der Waals surface area contributed by atoms with Gasteiger partial charge in [0.1, 0.15) is 18.2 Å². The molecule has 3 rings (SSSR count). The zero-order valence-electron chi connectivity index (χ0n) is 18.0. The molecule has 1 atom stereocenters. The Morgan fingerprint density at radius 3 is 2.63 bits per heavy atom. The van der Waals surface area contributed by atoms with Crippen molar-refractivity contribution >= 4 is 11.6 Å². The highest BCUT2D eigenvalue weighted by molar-refractivity contribution is 5.92. The molecule has 6 heteroatoms. The summed E-state index contributed by atoms with van der Waals surface area (Å²) in [5, 5.41) is 13.8. The van der Waals surface area contributed by atoms with E-state index < -0.39 is 5.60 Å². The number of nitrogens with one attached hydrogen (secondary N) is 1. The van der Waals surface area contributed by atoms with Gasteiger partial charge in [-0.15, -0.1) is 0 Å². The predicted molar refractivity (Wildman–Crippen MR) is 116 cm³/mol. The van der Waals surface area contributed by atoms with E-state index in [1.54, 1.807) is 6.07 Å². The second-order valence-corrected chi connectivity index (χ2v) is 8.40. The number of halogens is 1. The van der Waals surface area contributed by atoms with Crippen LogP contribution in [0.1, 0.15) is 36.0 Å². The first-order valence-electron chi connectivity index (χ1n) is 10.4. The lowest BCUT2D eigenvalue weighted by Gasteiger charge is -2.27. The Hall–Kier alpha value is -2.44. The number of likely N-dealkylation sites (tertiary alicyclic amines) is 1. The minimum atomic E-state index is -0.914. The molecule has 2 N–H and O–H groups in total. The summed E-state index contributed by atoms with van der Waals surface area (Å²) < 4.78 is 19.3. The highest BCUT2D eigenvalue weighted by atomic mass is 19.1. The smallest absolute Gasteiger partial charge is 0.238 e. The number of rotatable bonds is 6. The van der Waals surface area contributed by atoms with Crippen molar-refractivity contribution in [2.24, 2.45) is 0 Å². The van der Waals surface area contributed by atoms with Gasteiger partial charge in [-0.3, -0.25) is 9.69 Å². The molecule has 1 amide bonds. The molecule has 1 aliphatic rings. The molecule has 1 heterocycles. The summed E-state index contributed by atoms with van der Waals surface area (Å²) in [5.41, 5.74) is 2.76. The number of benzene rings is 2. The summed E-state index contributed by atoms with van der Waals surface area (Å²) in [6, 6.07) is 10.3. The molecule has 2 aromatic carbocycles. The van der Waals surface area contributed by atoms with Gasteiger partial charge in [-0.2, -0.15) is 0 Å². The van der Waals surface area contributed by atoms with Crippen molar-refractivity contribution in [1.82, 2.24) is 4.90 Å². The highest BCUT2D eigenvalue weighted by Crippen LogP contribution is 2.25. The average molecular weight is 415 g/mol. The van der Waals surface area contributed by atoms with Crippen molar-refractivity contribution in [1.29, 1.82) is 0 Å². The topological polar surface area (TPSA) is 61.8 Å². The largest absolute Gasteiger partial charge is 0.491 e. The lowest BCUT2D eigenvalue weighted by atomic mass is 9.96. The number of anilines is 1. The molecule has 0 spiro atoms. The zero-order valence-corrected chi connectivity index (χ0v) is 18.0. The van der Waals surface area contributed by atoms with Gasteiger partial charge in [0, 0.05) is 12.2 Å². The molecule has 1 fully saturated rings. The van der Waals surface area contributed by atoms with E-state index in [0.717, 1.165) is 29.8 Å². The van der Waals surface area contributed by atoms with Gasteiger partial charge in [0.05, 0.1) is 12.1 Å². The molecule has 1 saturated heterocycles. The number of carbonyl (C=O) groups excluding carboxylic acids is 1. The number of amides is 1. The Kier molecular flexibility index (Phi) is 7.10. The van der Waals surface area contributed by atoms with E-state index in [9.17, 15) is 14.3 Å². The molecule has 0 saturated carbocycles. The van der Waals surface area contributed by atoms with E-state index in [2.05, 4.69) is 12.2 Å². The van der Waals surface area contributed by atoms with E-state index in [1.807, 2.05) is 36.9 Å². The summed E-state index contributed by atoms with van der Waals surface area (Å²) in [5.74, 6) is 0.206. The van der Waals surface area contributed by atoms with Gasteiger partial charge < -0.3 is 15.2 Å². The SMILES string of the molecule is Cc1ccc(OCC2(O)CCCN(CC(=O)Nc3cc(F)ccc3C)CC2)cc1C. The highest BCUT2D eigenvalue weighted by Gasteiger charge is 2.31. The molecule has 0 aliphatic carbocycles. The third-order valence-electron chi connectivity index (χ3n) is 5.84. The van der Waals surface area contributed by atoms with Crippen LogP contribution >= 0.6 is 0 Å². The Morgan fingerprint density at radius 2 is 1.87 bits per heavy atom. The quantitative estimate of drug-likeness (QED) is 0.751. The number of hydrogen-bond donors (Lipinski definition) is 2. The first kappa shape index (κ1) is 22.2. The summed E-state index contributed by atoms with van der Waals surface area (Å²) >= 11 is 0. The molecule has 1 unspecified atom stereocenters. The van der Waals surface area contributed by atoms with Crippen molar-refractivity contribution in [3.05, 3.63) is 58.9 Å². The molecule has 2 aromatic rings. The number of hydrogen-bond acceptors (Lipinski definition) is 4. The maximum Gasteiger partial charge on any atom is 0.238 e. The van der Waals surface area contributed by atoms with Gasteiger partial charge in [-0.1, -0.05) is 12.1 Å². The van der Waals surface area contributed by atoms with Crippen LogP contribution in [0.2, 0.25) is 0 Å². The van der Waals surface area contributed by atoms with Gasteiger partial charge in [-0.05, 0) is 87.5 Å². The lowest BCUT2D eigenvalue weighted by Crippen LogP contribution is -2.38. The van der Waals surface area contributed by atoms with Gasteiger partial charge >= 0.3 is 0 Å². The van der Waals surface area contributed by atoms with Crippen LogP contribution in [0.25, 0.3) is 0 Å². The molecule has 30 heavy (non-hydrogen) atoms. The maximum atomic E-state index is 13.4. The molecular formula is C24H31FN2O3. The third kappa shape index (κ3) is 6.03. The molecule has 0 radical (unpaired) electrons. The van der Waals surface area contributed by atoms with Gasteiger partial charge in [0.15, 0.2) is 0 Å². The molecule has 5 nitrogen and oxygen atoms in total. The van der Waals surface area contributed by atoms with Crippen molar-refractivity contribution < 1.29 is 19.0 Å². The molecule has 1 aliphatic heterocycles. The van der Waals surface area contributed by atoms with Gasteiger partial charge in [0.25, 0.3) is 0 Å². The molecule has 162 valence electrons. The van der Waals surface area contributed by atoms with Gasteiger partial charge in [0.2, 0.25) is 5.91 Å². The Balaban J connectivity index is 1.51. The van der Waals surface area contributed by atoms with E-state index in [0.29, 0.717) is 25.1 Å². The van der Waals surface area contributed by atoms with Crippen LogP contribution in [0.4, 0.5) is 10.1 Å². The van der Waals surface area contributed by atoms with Crippen LogP contribution < -0.4 is 10.1 Å². The lowest BCUT2D eigenvalue weighted by molar-refractivity contribution is -0.117. The van der Waals surface area contributed by atoms with Crippen LogP contribution in [-0.4, -0.2) is 47.8 Å². The van der Waals surface area contributed by atoms with E-state index in [1.165, 1.54) is 17.7 Å². The standard InChI is InChI=1S/C24H31FN2O3/c1-17-6-8-21(13-19(17)3)30-16-24(29)9-4-11-27(12-10-24)15-23(28)26-22-14-20(25)7-5-18(22)2/h5-8,13-14,29H,4,9-12,15-16H2,1-3H3,(H,26,28). The molecular weight excluding hydrogens is 383 g/mol. The summed E-state index contributed by atoms with van der Waals surface area (Å²) in [6.45, 7) is 7.69. The molecule has 0 aromatic heterocycles. The fourth-order valence-electron chi connectivity index (χ4n) is 3.68. The van der Waals surface area contributed by atoms with Crippen molar-refractivity contribution in [3.8, 4) is 5.75 Å². The second-order valence-electron chi connectivity index (χ2n) is 8.40. The summed E-state index contributed by atoms with van der Waals surface area (Å²) in [4.78, 5) is 14.5. The minimum Gasteiger partial charge on any atom is -0.491 e. The Bertz CT molecular complexity index is 902. The van der Waals surface area contributed by atoms with Crippen LogP contribution in [0, 0.1) is 26.6 Å². The first-order valence-corrected chi connectivity index (χ1v) is 10.4. The Morgan fingerprint density at radius 1 is 1.10 bits per heavy atom. The van der Waals surface area contributed by atoms with Crippen LogP contribution in [0.3, 0.4) is 0 Å². The number of carbonyl (C=O) groups is 1. The third-order valence-corrected chi connectivity index (χ3v) is 5.84. The summed E-state index contributed by atoms with van der Waals surface area (Å²) in [6.07, 6.45) is 1.93. The fraction of sp³-hybridized carbons (Fsp3) is 0.458. The van der Waals surface area contributed by atoms with Crippen LogP contribution in [0.5, 0.6) is 5.75 Å². The number of aliphatic hydroxyl groups is 1. The minimum absolute atomic E-state index is 0.180. The van der Waals surface area contributed by atoms with E-state index in [4.69, 9.17) is 4.74 Å². The maximum absolute atomic E-state index is 13.4. The summed E-state index contributed by atoms with van der Waals surface area (Å²) in [7, 11) is 0. The van der Waals surface area contributed by atoms with Crippen molar-refractivity contribution in [2.45, 2.75) is 45.6 Å². The average Bonchev–Trinajstić information content (AvgIpc) is 2.88. The number of ether oxygens (including phenoxy) is 1. The van der Waals surface area contributed by atoms with Gasteiger partial charge in [-0.25, -0.2) is 4.39 Å². The molecule has 0 bridgehead atoms.